The molecule has 1 fully saturated rings. The van der Waals surface area contributed by atoms with E-state index in [2.05, 4.69) is 31.1 Å². The van der Waals surface area contributed by atoms with Gasteiger partial charge in [-0.3, -0.25) is 0 Å². The van der Waals surface area contributed by atoms with Crippen LogP contribution in [0.2, 0.25) is 0 Å². The van der Waals surface area contributed by atoms with E-state index in [9.17, 15) is 5.11 Å². The van der Waals surface area contributed by atoms with Crippen LogP contribution in [0.1, 0.15) is 46.0 Å². The number of hydrogen-bond donors (Lipinski definition) is 2. The molecule has 1 atom stereocenters. The first-order valence-electron chi connectivity index (χ1n) is 7.14. The van der Waals surface area contributed by atoms with Crippen molar-refractivity contribution in [1.82, 2.24) is 10.2 Å². The van der Waals surface area contributed by atoms with Crippen LogP contribution in [0.5, 0.6) is 0 Å². The fourth-order valence-corrected chi connectivity index (χ4v) is 2.81. The summed E-state index contributed by atoms with van der Waals surface area (Å²) in [5.74, 6) is 0.916. The normalized spacial score (nSPS) is 21.0. The zero-order valence-corrected chi connectivity index (χ0v) is 11.8. The van der Waals surface area contributed by atoms with Gasteiger partial charge in [0, 0.05) is 12.1 Å². The van der Waals surface area contributed by atoms with Crippen LogP contribution >= 0.6 is 0 Å². The quantitative estimate of drug-likeness (QED) is 0.682. The predicted octanol–water partition coefficient (Wildman–Crippen LogP) is 1.86. The standard InChI is InChI=1S/C14H30N2O/c1-4-15-14(2,12-17)9-10-16(3)11-13-7-5-6-8-13/h13,15,17H,4-12H2,1-3H3. The van der Waals surface area contributed by atoms with E-state index in [4.69, 9.17) is 0 Å². The summed E-state index contributed by atoms with van der Waals surface area (Å²) in [6, 6.07) is 0. The third-order valence-electron chi connectivity index (χ3n) is 4.04. The average Bonchev–Trinajstić information content (AvgIpc) is 2.80. The molecule has 0 aromatic heterocycles. The van der Waals surface area contributed by atoms with E-state index in [1.165, 1.54) is 32.2 Å². The van der Waals surface area contributed by atoms with E-state index >= 15 is 0 Å². The topological polar surface area (TPSA) is 35.5 Å². The van der Waals surface area contributed by atoms with Crippen LogP contribution in [0, 0.1) is 5.92 Å². The molecular formula is C14H30N2O. The molecule has 0 amide bonds. The summed E-state index contributed by atoms with van der Waals surface area (Å²) in [6.45, 7) is 7.64. The molecule has 0 aromatic rings. The minimum absolute atomic E-state index is 0.112. The largest absolute Gasteiger partial charge is 0.394 e. The number of aliphatic hydroxyl groups is 1. The highest BCUT2D eigenvalue weighted by Gasteiger charge is 2.23. The van der Waals surface area contributed by atoms with Crippen molar-refractivity contribution >= 4 is 0 Å². The molecule has 1 rings (SSSR count). The number of likely N-dealkylation sites (N-methyl/N-ethyl adjacent to an activating group) is 1. The Morgan fingerprint density at radius 3 is 2.53 bits per heavy atom. The fraction of sp³-hybridized carbons (Fsp3) is 1.00. The molecular weight excluding hydrogens is 212 g/mol. The molecule has 17 heavy (non-hydrogen) atoms. The van der Waals surface area contributed by atoms with Gasteiger partial charge >= 0.3 is 0 Å². The Hall–Kier alpha value is -0.120. The van der Waals surface area contributed by atoms with Gasteiger partial charge in [0.2, 0.25) is 0 Å². The van der Waals surface area contributed by atoms with Crippen LogP contribution in [0.3, 0.4) is 0 Å². The van der Waals surface area contributed by atoms with Gasteiger partial charge in [-0.1, -0.05) is 19.8 Å². The number of nitrogens with one attached hydrogen (secondary N) is 1. The van der Waals surface area contributed by atoms with Gasteiger partial charge in [-0.15, -0.1) is 0 Å². The SMILES string of the molecule is CCNC(C)(CO)CCN(C)CC1CCCC1. The fourth-order valence-electron chi connectivity index (χ4n) is 2.81. The molecule has 1 aliphatic rings. The maximum Gasteiger partial charge on any atom is 0.0611 e. The van der Waals surface area contributed by atoms with Crippen molar-refractivity contribution in [2.24, 2.45) is 5.92 Å². The van der Waals surface area contributed by atoms with Crippen molar-refractivity contribution in [2.45, 2.75) is 51.5 Å². The summed E-state index contributed by atoms with van der Waals surface area (Å²) in [6.07, 6.45) is 6.68. The maximum absolute atomic E-state index is 9.43. The lowest BCUT2D eigenvalue weighted by molar-refractivity contribution is 0.149. The highest BCUT2D eigenvalue weighted by atomic mass is 16.3. The summed E-state index contributed by atoms with van der Waals surface area (Å²) in [7, 11) is 2.21. The van der Waals surface area contributed by atoms with Gasteiger partial charge in [-0.25, -0.2) is 0 Å². The molecule has 0 radical (unpaired) electrons. The molecule has 3 nitrogen and oxygen atoms in total. The van der Waals surface area contributed by atoms with Crippen molar-refractivity contribution in [2.75, 3.05) is 33.3 Å². The molecule has 0 saturated heterocycles. The van der Waals surface area contributed by atoms with E-state index in [1.807, 2.05) is 0 Å². The summed E-state index contributed by atoms with van der Waals surface area (Å²) < 4.78 is 0. The van der Waals surface area contributed by atoms with E-state index in [-0.39, 0.29) is 12.1 Å². The molecule has 1 unspecified atom stereocenters. The number of aliphatic hydroxyl groups excluding tert-OH is 1. The summed E-state index contributed by atoms with van der Waals surface area (Å²) >= 11 is 0. The zero-order chi connectivity index (χ0) is 12.7. The van der Waals surface area contributed by atoms with Crippen LogP contribution < -0.4 is 5.32 Å². The Kier molecular flexibility index (Phi) is 6.45. The van der Waals surface area contributed by atoms with Crippen molar-refractivity contribution < 1.29 is 5.11 Å². The lowest BCUT2D eigenvalue weighted by Gasteiger charge is -2.31. The van der Waals surface area contributed by atoms with E-state index in [1.54, 1.807) is 0 Å². The third-order valence-corrected chi connectivity index (χ3v) is 4.04. The first-order valence-corrected chi connectivity index (χ1v) is 7.14. The Balaban J connectivity index is 2.22. The van der Waals surface area contributed by atoms with Gasteiger partial charge in [0.25, 0.3) is 0 Å². The average molecular weight is 242 g/mol. The molecule has 0 bridgehead atoms. The highest BCUT2D eigenvalue weighted by Crippen LogP contribution is 2.25. The van der Waals surface area contributed by atoms with Crippen LogP contribution in [0.15, 0.2) is 0 Å². The van der Waals surface area contributed by atoms with Crippen molar-refractivity contribution in [3.8, 4) is 0 Å². The van der Waals surface area contributed by atoms with Gasteiger partial charge in [0.1, 0.15) is 0 Å². The predicted molar refractivity (Wildman–Crippen MR) is 73.2 cm³/mol. The molecule has 3 heteroatoms. The number of rotatable bonds is 8. The highest BCUT2D eigenvalue weighted by molar-refractivity contribution is 4.83. The Bertz CT molecular complexity index is 204. The van der Waals surface area contributed by atoms with Crippen molar-refractivity contribution in [1.29, 1.82) is 0 Å². The summed E-state index contributed by atoms with van der Waals surface area (Å²) in [5, 5.41) is 12.8. The minimum atomic E-state index is -0.112. The van der Waals surface area contributed by atoms with E-state index in [0.29, 0.717) is 0 Å². The molecule has 0 aromatic carbocycles. The lowest BCUT2D eigenvalue weighted by Crippen LogP contribution is -2.47. The Morgan fingerprint density at radius 1 is 1.35 bits per heavy atom. The van der Waals surface area contributed by atoms with Crippen molar-refractivity contribution in [3.05, 3.63) is 0 Å². The first kappa shape index (κ1) is 14.9. The first-order chi connectivity index (χ1) is 8.09. The number of nitrogens with zero attached hydrogens (tertiary/aromatic N) is 1. The monoisotopic (exact) mass is 242 g/mol. The van der Waals surface area contributed by atoms with Crippen LogP contribution in [0.4, 0.5) is 0 Å². The van der Waals surface area contributed by atoms with Gasteiger partial charge < -0.3 is 15.3 Å². The van der Waals surface area contributed by atoms with Crippen LogP contribution in [0.25, 0.3) is 0 Å². The summed E-state index contributed by atoms with van der Waals surface area (Å²) in [5.41, 5.74) is -0.112. The van der Waals surface area contributed by atoms with Gasteiger partial charge in [0.15, 0.2) is 0 Å². The second-order valence-electron chi connectivity index (χ2n) is 5.91. The van der Waals surface area contributed by atoms with E-state index in [0.717, 1.165) is 25.4 Å². The Labute approximate surface area is 107 Å². The molecule has 1 aliphatic carbocycles. The van der Waals surface area contributed by atoms with Gasteiger partial charge in [0.05, 0.1) is 6.61 Å². The van der Waals surface area contributed by atoms with Gasteiger partial charge in [-0.2, -0.15) is 0 Å². The van der Waals surface area contributed by atoms with E-state index < -0.39 is 0 Å². The summed E-state index contributed by atoms with van der Waals surface area (Å²) in [4.78, 5) is 2.43. The molecule has 1 saturated carbocycles. The lowest BCUT2D eigenvalue weighted by atomic mass is 9.98. The number of hydrogen-bond acceptors (Lipinski definition) is 3. The minimum Gasteiger partial charge on any atom is -0.394 e. The van der Waals surface area contributed by atoms with Gasteiger partial charge in [-0.05, 0) is 52.2 Å². The second kappa shape index (κ2) is 7.34. The maximum atomic E-state index is 9.43. The zero-order valence-electron chi connectivity index (χ0n) is 11.8. The van der Waals surface area contributed by atoms with Crippen molar-refractivity contribution in [3.63, 3.8) is 0 Å². The molecule has 102 valence electrons. The molecule has 0 spiro atoms. The third kappa shape index (κ3) is 5.36. The Morgan fingerprint density at radius 2 is 2.00 bits per heavy atom. The second-order valence-corrected chi connectivity index (χ2v) is 5.91. The van der Waals surface area contributed by atoms with Crippen LogP contribution in [-0.4, -0.2) is 48.8 Å². The smallest absolute Gasteiger partial charge is 0.0611 e. The molecule has 0 aliphatic heterocycles. The molecule has 2 N–H and O–H groups in total. The molecule has 0 heterocycles. The van der Waals surface area contributed by atoms with Crippen LogP contribution in [-0.2, 0) is 0 Å².